The molecule has 3 heteroatoms. The lowest BCUT2D eigenvalue weighted by atomic mass is 10.3. The zero-order chi connectivity index (χ0) is 11.5. The Kier molecular flexibility index (Phi) is 7.96. The van der Waals surface area contributed by atoms with Crippen LogP contribution in [0.25, 0.3) is 0 Å². The lowest BCUT2D eigenvalue weighted by molar-refractivity contribution is 1.15. The second kappa shape index (κ2) is 8.94. The van der Waals surface area contributed by atoms with Gasteiger partial charge in [-0.3, -0.25) is 9.98 Å². The van der Waals surface area contributed by atoms with E-state index in [9.17, 15) is 0 Å². The first kappa shape index (κ1) is 13.4. The average Bonchev–Trinajstić information content (AvgIpc) is 2.18. The molecule has 0 unspecified atom stereocenters. The van der Waals surface area contributed by atoms with E-state index in [-0.39, 0.29) is 0 Å². The van der Waals surface area contributed by atoms with Crippen LogP contribution in [-0.4, -0.2) is 12.9 Å². The maximum Gasteiger partial charge on any atom is 0.0328 e. The normalized spacial score (nSPS) is 14.0. The zero-order valence-corrected chi connectivity index (χ0v) is 9.48. The highest BCUT2D eigenvalue weighted by atomic mass is 14.7. The molecule has 0 fully saturated rings. The largest absolute Gasteiger partial charge is 0.402 e. The van der Waals surface area contributed by atoms with Crippen molar-refractivity contribution in [1.29, 1.82) is 0 Å². The molecule has 0 aliphatic heterocycles. The van der Waals surface area contributed by atoms with Crippen molar-refractivity contribution >= 4 is 12.9 Å². The lowest BCUT2D eigenvalue weighted by Gasteiger charge is -1.93. The minimum Gasteiger partial charge on any atom is -0.402 e. The van der Waals surface area contributed by atoms with E-state index in [1.807, 2.05) is 13.1 Å². The second-order valence-corrected chi connectivity index (χ2v) is 3.04. The van der Waals surface area contributed by atoms with Crippen molar-refractivity contribution in [3.8, 4) is 0 Å². The van der Waals surface area contributed by atoms with Gasteiger partial charge in [-0.1, -0.05) is 13.0 Å². The molecule has 2 N–H and O–H groups in total. The number of rotatable bonds is 6. The fraction of sp³-hybridized carbons (Fsp3) is 0.333. The highest BCUT2D eigenvalue weighted by molar-refractivity contribution is 5.62. The summed E-state index contributed by atoms with van der Waals surface area (Å²) < 4.78 is 0. The van der Waals surface area contributed by atoms with Crippen LogP contribution >= 0.6 is 0 Å². The van der Waals surface area contributed by atoms with Crippen LogP contribution in [0.3, 0.4) is 0 Å². The maximum absolute atomic E-state index is 5.71. The maximum atomic E-state index is 5.71. The van der Waals surface area contributed by atoms with Crippen molar-refractivity contribution in [3.05, 3.63) is 35.8 Å². The highest BCUT2D eigenvalue weighted by Crippen LogP contribution is 1.97. The van der Waals surface area contributed by atoms with Gasteiger partial charge in [-0.15, -0.1) is 0 Å². The van der Waals surface area contributed by atoms with Crippen LogP contribution in [0.1, 0.15) is 26.7 Å². The fourth-order valence-electron chi connectivity index (χ4n) is 0.939. The van der Waals surface area contributed by atoms with Gasteiger partial charge in [0.05, 0.1) is 0 Å². The molecule has 0 radical (unpaired) electrons. The SMILES string of the molecule is C=N/C=C\C=C(/N)CC=N/C(C)=C\CC. The van der Waals surface area contributed by atoms with E-state index in [0.717, 1.165) is 17.8 Å². The number of hydrogen-bond donors (Lipinski definition) is 1. The Morgan fingerprint density at radius 1 is 1.47 bits per heavy atom. The van der Waals surface area contributed by atoms with Crippen LogP contribution in [0.15, 0.2) is 45.8 Å². The highest BCUT2D eigenvalue weighted by Gasteiger charge is 1.85. The van der Waals surface area contributed by atoms with Crippen LogP contribution in [0.4, 0.5) is 0 Å². The van der Waals surface area contributed by atoms with E-state index in [1.54, 1.807) is 18.4 Å². The summed E-state index contributed by atoms with van der Waals surface area (Å²) in [5, 5.41) is 0. The number of hydrogen-bond acceptors (Lipinski definition) is 3. The molecule has 0 aromatic heterocycles. The molecule has 0 spiro atoms. The first-order valence-electron chi connectivity index (χ1n) is 4.97. The van der Waals surface area contributed by atoms with Crippen molar-refractivity contribution in [3.63, 3.8) is 0 Å². The molecule has 0 rings (SSSR count). The van der Waals surface area contributed by atoms with Crippen LogP contribution in [0.5, 0.6) is 0 Å². The Hall–Kier alpha value is -1.64. The van der Waals surface area contributed by atoms with Crippen LogP contribution in [0, 0.1) is 0 Å². The van der Waals surface area contributed by atoms with Gasteiger partial charge in [-0.2, -0.15) is 0 Å². The van der Waals surface area contributed by atoms with E-state index < -0.39 is 0 Å². The summed E-state index contributed by atoms with van der Waals surface area (Å²) in [5.41, 5.74) is 7.49. The standard InChI is InChI=1S/C12H19N3/c1-4-6-11(2)15-10-8-12(13)7-5-9-14-3/h5-7,9-10H,3-4,8,13H2,1-2H3/b9-5-,11-6-,12-7-,15-10?. The van der Waals surface area contributed by atoms with Gasteiger partial charge in [-0.05, 0) is 32.2 Å². The van der Waals surface area contributed by atoms with E-state index in [1.165, 1.54) is 0 Å². The van der Waals surface area contributed by atoms with Gasteiger partial charge >= 0.3 is 0 Å². The average molecular weight is 205 g/mol. The molecule has 0 amide bonds. The Bertz CT molecular complexity index is 296. The van der Waals surface area contributed by atoms with Gasteiger partial charge in [0.2, 0.25) is 0 Å². The summed E-state index contributed by atoms with van der Waals surface area (Å²) >= 11 is 0. The summed E-state index contributed by atoms with van der Waals surface area (Å²) in [7, 11) is 0. The minimum absolute atomic E-state index is 0.649. The molecule has 3 nitrogen and oxygen atoms in total. The zero-order valence-electron chi connectivity index (χ0n) is 9.48. The molecule has 0 aromatic carbocycles. The summed E-state index contributed by atoms with van der Waals surface area (Å²) in [6.45, 7) is 7.38. The predicted octanol–water partition coefficient (Wildman–Crippen LogP) is 2.82. The molecular weight excluding hydrogens is 186 g/mol. The number of allylic oxidation sites excluding steroid dienone is 5. The molecule has 0 atom stereocenters. The van der Waals surface area contributed by atoms with Crippen molar-refractivity contribution in [2.45, 2.75) is 26.7 Å². The predicted molar refractivity (Wildman–Crippen MR) is 68.1 cm³/mol. The molecule has 0 saturated carbocycles. The molecule has 0 bridgehead atoms. The first-order chi connectivity index (χ1) is 7.20. The minimum atomic E-state index is 0.649. The Labute approximate surface area is 91.8 Å². The monoisotopic (exact) mass is 205 g/mol. The third kappa shape index (κ3) is 8.68. The fourth-order valence-corrected chi connectivity index (χ4v) is 0.939. The smallest absolute Gasteiger partial charge is 0.0328 e. The van der Waals surface area contributed by atoms with Crippen molar-refractivity contribution < 1.29 is 0 Å². The third-order valence-corrected chi connectivity index (χ3v) is 1.62. The molecule has 0 aromatic rings. The molecular formula is C12H19N3. The molecule has 82 valence electrons. The van der Waals surface area contributed by atoms with Crippen molar-refractivity contribution in [1.82, 2.24) is 0 Å². The van der Waals surface area contributed by atoms with Crippen LogP contribution < -0.4 is 5.73 Å². The molecule has 15 heavy (non-hydrogen) atoms. The van der Waals surface area contributed by atoms with E-state index >= 15 is 0 Å². The van der Waals surface area contributed by atoms with E-state index in [4.69, 9.17) is 5.73 Å². The van der Waals surface area contributed by atoms with Crippen LogP contribution in [-0.2, 0) is 0 Å². The summed E-state index contributed by atoms with van der Waals surface area (Å²) in [6.07, 6.45) is 10.7. The molecule has 0 aliphatic rings. The lowest BCUT2D eigenvalue weighted by Crippen LogP contribution is -1.96. The summed E-state index contributed by atoms with van der Waals surface area (Å²) in [6, 6.07) is 0. The Morgan fingerprint density at radius 3 is 2.80 bits per heavy atom. The van der Waals surface area contributed by atoms with E-state index in [2.05, 4.69) is 29.7 Å². The quantitative estimate of drug-likeness (QED) is 0.526. The van der Waals surface area contributed by atoms with E-state index in [0.29, 0.717) is 6.42 Å². The third-order valence-electron chi connectivity index (χ3n) is 1.62. The molecule has 0 saturated heterocycles. The van der Waals surface area contributed by atoms with Crippen molar-refractivity contribution in [2.75, 3.05) is 0 Å². The molecule has 0 heterocycles. The summed E-state index contributed by atoms with van der Waals surface area (Å²) in [5.74, 6) is 0. The Balaban J connectivity index is 4.04. The topological polar surface area (TPSA) is 50.7 Å². The van der Waals surface area contributed by atoms with Gasteiger partial charge in [0.1, 0.15) is 0 Å². The van der Waals surface area contributed by atoms with Gasteiger partial charge in [0.15, 0.2) is 0 Å². The van der Waals surface area contributed by atoms with Gasteiger partial charge in [0.25, 0.3) is 0 Å². The second-order valence-electron chi connectivity index (χ2n) is 3.04. The number of nitrogens with zero attached hydrogens (tertiary/aromatic N) is 2. The van der Waals surface area contributed by atoms with Gasteiger partial charge in [0, 0.05) is 30.2 Å². The number of nitrogens with two attached hydrogens (primary N) is 1. The number of aliphatic imine (C=N–C) groups is 2. The van der Waals surface area contributed by atoms with Gasteiger partial charge in [-0.25, -0.2) is 0 Å². The van der Waals surface area contributed by atoms with Crippen molar-refractivity contribution in [2.24, 2.45) is 15.7 Å². The molecule has 0 aliphatic carbocycles. The van der Waals surface area contributed by atoms with Crippen LogP contribution in [0.2, 0.25) is 0 Å². The Morgan fingerprint density at radius 2 is 2.20 bits per heavy atom. The summed E-state index contributed by atoms with van der Waals surface area (Å²) in [4.78, 5) is 7.80. The first-order valence-corrected chi connectivity index (χ1v) is 4.97. The van der Waals surface area contributed by atoms with Gasteiger partial charge < -0.3 is 5.73 Å².